The number of anilines is 2. The van der Waals surface area contributed by atoms with Gasteiger partial charge in [0.15, 0.2) is 11.9 Å². The van der Waals surface area contributed by atoms with Crippen molar-refractivity contribution in [1.82, 2.24) is 14.5 Å². The fourth-order valence-corrected chi connectivity index (χ4v) is 5.66. The molecule has 1 aliphatic rings. The Morgan fingerprint density at radius 3 is 2.49 bits per heavy atom. The molecule has 2 aromatic heterocycles. The van der Waals surface area contributed by atoms with Crippen molar-refractivity contribution in [2.24, 2.45) is 0 Å². The molecule has 1 atom stereocenters. The lowest BCUT2D eigenvalue weighted by atomic mass is 9.87. The van der Waals surface area contributed by atoms with E-state index in [0.717, 1.165) is 64.8 Å². The van der Waals surface area contributed by atoms with Gasteiger partial charge in [-0.25, -0.2) is 14.8 Å². The minimum atomic E-state index is -1.14. The van der Waals surface area contributed by atoms with Crippen LogP contribution < -0.4 is 9.64 Å². The summed E-state index contributed by atoms with van der Waals surface area (Å²) in [5.74, 6) is 0.0869. The normalized spacial score (nSPS) is 13.6. The first-order chi connectivity index (χ1) is 18.8. The number of unbranched alkanes of at least 4 members (excludes halogenated alkanes) is 2. The highest BCUT2D eigenvalue weighted by Gasteiger charge is 2.35. The van der Waals surface area contributed by atoms with Crippen LogP contribution in [0.2, 0.25) is 5.02 Å². The molecule has 0 unspecified atom stereocenters. The van der Waals surface area contributed by atoms with Gasteiger partial charge in [0.1, 0.15) is 0 Å². The van der Waals surface area contributed by atoms with Crippen LogP contribution in [0, 0.1) is 13.8 Å². The van der Waals surface area contributed by atoms with Crippen LogP contribution in [0.15, 0.2) is 42.7 Å². The lowest BCUT2D eigenvalue weighted by molar-refractivity contribution is -0.151. The molecule has 0 spiro atoms. The average molecular weight is 549 g/mol. The van der Waals surface area contributed by atoms with Crippen LogP contribution in [-0.2, 0) is 16.1 Å². The average Bonchev–Trinajstić information content (AvgIpc) is 3.27. The highest BCUT2D eigenvalue weighted by Crippen LogP contribution is 2.48. The van der Waals surface area contributed by atoms with Crippen molar-refractivity contribution in [3.63, 3.8) is 0 Å². The van der Waals surface area contributed by atoms with E-state index < -0.39 is 12.1 Å². The minimum Gasteiger partial charge on any atom is -0.494 e. The largest absolute Gasteiger partial charge is 0.494 e. The van der Waals surface area contributed by atoms with Gasteiger partial charge in [0.25, 0.3) is 0 Å². The van der Waals surface area contributed by atoms with Crippen molar-refractivity contribution < 1.29 is 19.4 Å². The van der Waals surface area contributed by atoms with E-state index in [2.05, 4.69) is 39.3 Å². The summed E-state index contributed by atoms with van der Waals surface area (Å²) in [6.07, 6.45) is 4.95. The molecule has 0 fully saturated rings. The number of carbonyl (C=O) groups is 1. The number of methoxy groups -OCH3 is 1. The van der Waals surface area contributed by atoms with E-state index in [4.69, 9.17) is 21.1 Å². The van der Waals surface area contributed by atoms with E-state index in [-0.39, 0.29) is 0 Å². The summed E-state index contributed by atoms with van der Waals surface area (Å²) in [6, 6.07) is 9.69. The van der Waals surface area contributed by atoms with Gasteiger partial charge in [0.05, 0.1) is 30.7 Å². The van der Waals surface area contributed by atoms with Crippen molar-refractivity contribution >= 4 is 40.1 Å². The maximum Gasteiger partial charge on any atom is 0.337 e. The SMILES string of the molecule is CCCCCO[C@H](C(=O)O)c1c(C)c2c3c(cc(C)n3CCN2c2ncc(OC)cn2)c1-c1ccc(Cl)cc1. The molecule has 39 heavy (non-hydrogen) atoms. The van der Waals surface area contributed by atoms with Gasteiger partial charge >= 0.3 is 5.97 Å². The maximum atomic E-state index is 12.8. The summed E-state index contributed by atoms with van der Waals surface area (Å²) < 4.78 is 13.7. The van der Waals surface area contributed by atoms with Gasteiger partial charge in [-0.2, -0.15) is 0 Å². The number of ether oxygens (including phenoxy) is 2. The lowest BCUT2D eigenvalue weighted by Gasteiger charge is -2.33. The first-order valence-corrected chi connectivity index (χ1v) is 13.6. The Balaban J connectivity index is 1.80. The molecule has 0 saturated carbocycles. The second-order valence-electron chi connectivity index (χ2n) is 9.84. The Kier molecular flexibility index (Phi) is 7.77. The molecular weight excluding hydrogens is 516 g/mol. The Hall–Kier alpha value is -3.62. The predicted molar refractivity (Wildman–Crippen MR) is 153 cm³/mol. The predicted octanol–water partition coefficient (Wildman–Crippen LogP) is 6.86. The second kappa shape index (κ2) is 11.2. The van der Waals surface area contributed by atoms with Crippen molar-refractivity contribution in [2.45, 2.75) is 52.7 Å². The van der Waals surface area contributed by atoms with Gasteiger partial charge in [0.2, 0.25) is 5.95 Å². The van der Waals surface area contributed by atoms with Gasteiger partial charge in [-0.1, -0.05) is 43.5 Å². The summed E-state index contributed by atoms with van der Waals surface area (Å²) >= 11 is 6.24. The topological polar surface area (TPSA) is 89.7 Å². The number of aromatic nitrogens is 3. The molecule has 4 aromatic rings. The highest BCUT2D eigenvalue weighted by atomic mass is 35.5. The molecule has 0 saturated heterocycles. The number of carboxylic acid groups (broad SMARTS) is 1. The number of aryl methyl sites for hydroxylation is 1. The molecule has 204 valence electrons. The van der Waals surface area contributed by atoms with Crippen LogP contribution in [0.4, 0.5) is 11.6 Å². The first-order valence-electron chi connectivity index (χ1n) is 13.3. The number of hydrogen-bond donors (Lipinski definition) is 1. The third-order valence-corrected chi connectivity index (χ3v) is 7.64. The number of rotatable bonds is 10. The fourth-order valence-electron chi connectivity index (χ4n) is 5.53. The van der Waals surface area contributed by atoms with E-state index in [0.29, 0.717) is 35.4 Å². The Morgan fingerprint density at radius 2 is 1.85 bits per heavy atom. The lowest BCUT2D eigenvalue weighted by Crippen LogP contribution is -2.31. The molecular formula is C30H33ClN4O4. The van der Waals surface area contributed by atoms with Crippen molar-refractivity contribution in [2.75, 3.05) is 25.2 Å². The van der Waals surface area contributed by atoms with E-state index in [1.54, 1.807) is 19.5 Å². The summed E-state index contributed by atoms with van der Waals surface area (Å²) in [6.45, 7) is 7.91. The molecule has 0 radical (unpaired) electrons. The fraction of sp³-hybridized carbons (Fsp3) is 0.367. The summed E-state index contributed by atoms with van der Waals surface area (Å²) in [4.78, 5) is 24.0. The van der Waals surface area contributed by atoms with Crippen LogP contribution >= 0.6 is 11.6 Å². The van der Waals surface area contributed by atoms with Gasteiger partial charge in [-0.3, -0.25) is 0 Å². The van der Waals surface area contributed by atoms with E-state index in [1.807, 2.05) is 31.2 Å². The zero-order chi connectivity index (χ0) is 27.7. The zero-order valence-corrected chi connectivity index (χ0v) is 23.5. The minimum absolute atomic E-state index is 0.364. The van der Waals surface area contributed by atoms with Crippen LogP contribution in [-0.4, -0.2) is 45.9 Å². The summed E-state index contributed by atoms with van der Waals surface area (Å²) in [5.41, 5.74) is 6.23. The van der Waals surface area contributed by atoms with Crippen LogP contribution in [0.25, 0.3) is 22.0 Å². The quantitative estimate of drug-likeness (QED) is 0.216. The third kappa shape index (κ3) is 4.94. The second-order valence-corrected chi connectivity index (χ2v) is 10.3. The molecule has 0 amide bonds. The molecule has 3 heterocycles. The molecule has 5 rings (SSSR count). The first kappa shape index (κ1) is 27.0. The highest BCUT2D eigenvalue weighted by molar-refractivity contribution is 6.30. The van der Waals surface area contributed by atoms with Crippen LogP contribution in [0.5, 0.6) is 5.75 Å². The number of nitrogens with zero attached hydrogens (tertiary/aromatic N) is 4. The van der Waals surface area contributed by atoms with Crippen molar-refractivity contribution in [1.29, 1.82) is 0 Å². The molecule has 9 heteroatoms. The Bertz CT molecular complexity index is 1500. The van der Waals surface area contributed by atoms with Crippen LogP contribution in [0.3, 0.4) is 0 Å². The number of carboxylic acids is 1. The van der Waals surface area contributed by atoms with E-state index in [1.165, 1.54) is 0 Å². The molecule has 1 aliphatic heterocycles. The zero-order valence-electron chi connectivity index (χ0n) is 22.7. The van der Waals surface area contributed by atoms with Crippen molar-refractivity contribution in [3.05, 3.63) is 64.6 Å². The Labute approximate surface area is 233 Å². The molecule has 1 N–H and O–H groups in total. The summed E-state index contributed by atoms with van der Waals surface area (Å²) in [7, 11) is 1.58. The van der Waals surface area contributed by atoms with Gasteiger partial charge in [-0.05, 0) is 55.2 Å². The number of aliphatic carboxylic acids is 1. The molecule has 0 aliphatic carbocycles. The molecule has 0 bridgehead atoms. The summed E-state index contributed by atoms with van der Waals surface area (Å²) in [5, 5.41) is 12.1. The standard InChI is InChI=1S/C30H33ClN4O4/c1-5-6-7-14-39-28(29(36)37)24-19(3)26-27-23(25(24)20-8-10-21(31)11-9-20)15-18(2)34(27)12-13-35(26)30-32-16-22(38-4)17-33-30/h8-11,15-17,28H,5-7,12-14H2,1-4H3,(H,36,37)/t28-/m0/s1. The third-order valence-electron chi connectivity index (χ3n) is 7.39. The maximum absolute atomic E-state index is 12.8. The monoisotopic (exact) mass is 548 g/mol. The van der Waals surface area contributed by atoms with Gasteiger partial charge in [0, 0.05) is 41.4 Å². The van der Waals surface area contributed by atoms with E-state index >= 15 is 0 Å². The van der Waals surface area contributed by atoms with E-state index in [9.17, 15) is 9.90 Å². The number of hydrogen-bond acceptors (Lipinski definition) is 6. The molecule has 8 nitrogen and oxygen atoms in total. The van der Waals surface area contributed by atoms with Crippen molar-refractivity contribution in [3.8, 4) is 16.9 Å². The van der Waals surface area contributed by atoms with Gasteiger partial charge in [-0.15, -0.1) is 0 Å². The van der Waals surface area contributed by atoms with Crippen LogP contribution in [0.1, 0.15) is 49.1 Å². The Morgan fingerprint density at radius 1 is 1.13 bits per heavy atom. The number of halogens is 1. The smallest absolute Gasteiger partial charge is 0.337 e. The molecule has 2 aromatic carbocycles. The number of benzene rings is 2. The van der Waals surface area contributed by atoms with Gasteiger partial charge < -0.3 is 24.0 Å².